The van der Waals surface area contributed by atoms with Gasteiger partial charge in [0.05, 0.1) is 6.10 Å². The van der Waals surface area contributed by atoms with Crippen molar-refractivity contribution in [2.75, 3.05) is 5.32 Å². The molecule has 0 spiro atoms. The average Bonchev–Trinajstić information content (AvgIpc) is 2.78. The number of rotatable bonds is 8. The third kappa shape index (κ3) is 7.99. The molecule has 0 saturated heterocycles. The van der Waals surface area contributed by atoms with Crippen LogP contribution < -0.4 is 26.2 Å². The fraction of sp³-hybridized carbons (Fsp3) is 0.304. The molecule has 0 bridgehead atoms. The molecular weight excluding hydrogens is 428 g/mol. The van der Waals surface area contributed by atoms with Gasteiger partial charge in [-0.2, -0.15) is 0 Å². The molecule has 3 amide bonds. The Bertz CT molecular complexity index is 945. The Hall–Kier alpha value is -3.46. The van der Waals surface area contributed by atoms with E-state index in [1.54, 1.807) is 48.5 Å². The standard InChI is InChI=1S/C23H28N4O4S/c1-4-6-20(28)24-18-11-7-17(8-12-18)22(30)26-27-23(32)25-21(29)16-9-13-19(14-10-16)31-15(3)5-2/h7-15H,4-6H2,1-3H3,(H,24,28)(H,26,30)(H2,25,27,29,32). The molecule has 2 aromatic carbocycles. The Morgan fingerprint density at radius 3 is 2.09 bits per heavy atom. The highest BCUT2D eigenvalue weighted by molar-refractivity contribution is 7.80. The number of carbonyl (C=O) groups excluding carboxylic acids is 3. The predicted molar refractivity (Wildman–Crippen MR) is 127 cm³/mol. The molecule has 8 nitrogen and oxygen atoms in total. The van der Waals surface area contributed by atoms with Crippen LogP contribution in [0.3, 0.4) is 0 Å². The highest BCUT2D eigenvalue weighted by Gasteiger charge is 2.11. The first-order chi connectivity index (χ1) is 15.3. The van der Waals surface area contributed by atoms with Gasteiger partial charge in [-0.05, 0) is 80.5 Å². The summed E-state index contributed by atoms with van der Waals surface area (Å²) in [5.74, 6) is -0.261. The van der Waals surface area contributed by atoms with E-state index >= 15 is 0 Å². The number of thiocarbonyl (C=S) groups is 1. The van der Waals surface area contributed by atoms with Crippen LogP contribution >= 0.6 is 12.2 Å². The first-order valence-electron chi connectivity index (χ1n) is 10.4. The van der Waals surface area contributed by atoms with Gasteiger partial charge in [0.2, 0.25) is 5.91 Å². The minimum Gasteiger partial charge on any atom is -0.491 e. The van der Waals surface area contributed by atoms with E-state index in [2.05, 4.69) is 21.5 Å². The molecule has 1 atom stereocenters. The summed E-state index contributed by atoms with van der Waals surface area (Å²) in [7, 11) is 0. The summed E-state index contributed by atoms with van der Waals surface area (Å²) in [6, 6.07) is 13.1. The molecule has 0 saturated carbocycles. The first-order valence-corrected chi connectivity index (χ1v) is 10.8. The van der Waals surface area contributed by atoms with Crippen LogP contribution in [-0.2, 0) is 4.79 Å². The summed E-state index contributed by atoms with van der Waals surface area (Å²) in [6.07, 6.45) is 2.16. The van der Waals surface area contributed by atoms with Gasteiger partial charge < -0.3 is 10.1 Å². The Morgan fingerprint density at radius 1 is 0.906 bits per heavy atom. The zero-order chi connectivity index (χ0) is 23.5. The topological polar surface area (TPSA) is 109 Å². The second-order valence-corrected chi connectivity index (χ2v) is 7.51. The zero-order valence-corrected chi connectivity index (χ0v) is 19.2. The Labute approximate surface area is 193 Å². The fourth-order valence-electron chi connectivity index (χ4n) is 2.55. The lowest BCUT2D eigenvalue weighted by Crippen LogP contribution is -2.48. The van der Waals surface area contributed by atoms with Crippen molar-refractivity contribution >= 4 is 40.7 Å². The highest BCUT2D eigenvalue weighted by Crippen LogP contribution is 2.15. The van der Waals surface area contributed by atoms with Crippen molar-refractivity contribution in [1.29, 1.82) is 0 Å². The highest BCUT2D eigenvalue weighted by atomic mass is 32.1. The molecule has 2 rings (SSSR count). The third-order valence-electron chi connectivity index (χ3n) is 4.45. The van der Waals surface area contributed by atoms with Crippen molar-refractivity contribution in [3.63, 3.8) is 0 Å². The van der Waals surface area contributed by atoms with Crippen molar-refractivity contribution in [3.8, 4) is 5.75 Å². The largest absolute Gasteiger partial charge is 0.491 e. The van der Waals surface area contributed by atoms with E-state index in [-0.39, 0.29) is 17.1 Å². The molecule has 0 heterocycles. The van der Waals surface area contributed by atoms with Gasteiger partial charge in [0.25, 0.3) is 11.8 Å². The molecule has 0 aliphatic carbocycles. The minimum absolute atomic E-state index is 0.0493. The summed E-state index contributed by atoms with van der Waals surface area (Å²) in [6.45, 7) is 5.92. The Kier molecular flexibility index (Phi) is 9.62. The van der Waals surface area contributed by atoms with Crippen LogP contribution in [0.4, 0.5) is 5.69 Å². The molecular formula is C23H28N4O4S. The molecule has 2 aromatic rings. The van der Waals surface area contributed by atoms with Gasteiger partial charge in [0, 0.05) is 23.2 Å². The lowest BCUT2D eigenvalue weighted by atomic mass is 10.2. The maximum absolute atomic E-state index is 12.3. The molecule has 0 aliphatic rings. The number of anilines is 1. The maximum atomic E-state index is 12.3. The van der Waals surface area contributed by atoms with E-state index in [9.17, 15) is 14.4 Å². The van der Waals surface area contributed by atoms with Crippen molar-refractivity contribution in [1.82, 2.24) is 16.2 Å². The van der Waals surface area contributed by atoms with Crippen LogP contribution in [0.2, 0.25) is 0 Å². The number of hydrogen-bond acceptors (Lipinski definition) is 5. The minimum atomic E-state index is -0.445. The van der Waals surface area contributed by atoms with E-state index in [4.69, 9.17) is 17.0 Å². The van der Waals surface area contributed by atoms with Crippen molar-refractivity contribution in [3.05, 3.63) is 59.7 Å². The molecule has 1 unspecified atom stereocenters. The lowest BCUT2D eigenvalue weighted by molar-refractivity contribution is -0.116. The van der Waals surface area contributed by atoms with E-state index in [0.717, 1.165) is 12.8 Å². The Morgan fingerprint density at radius 2 is 1.50 bits per heavy atom. The number of hydrazine groups is 1. The molecule has 4 N–H and O–H groups in total. The van der Waals surface area contributed by atoms with Gasteiger partial charge in [0.15, 0.2) is 5.11 Å². The normalized spacial score (nSPS) is 11.1. The summed E-state index contributed by atoms with van der Waals surface area (Å²) in [4.78, 5) is 36.2. The van der Waals surface area contributed by atoms with E-state index in [1.807, 2.05) is 20.8 Å². The maximum Gasteiger partial charge on any atom is 0.269 e. The molecule has 32 heavy (non-hydrogen) atoms. The predicted octanol–water partition coefficient (Wildman–Crippen LogP) is 3.55. The van der Waals surface area contributed by atoms with Gasteiger partial charge in [-0.15, -0.1) is 0 Å². The monoisotopic (exact) mass is 456 g/mol. The van der Waals surface area contributed by atoms with Crippen LogP contribution in [0.1, 0.15) is 60.7 Å². The molecule has 9 heteroatoms. The summed E-state index contributed by atoms with van der Waals surface area (Å²) < 4.78 is 5.69. The quantitative estimate of drug-likeness (QED) is 0.357. The second kappa shape index (κ2) is 12.4. The van der Waals surface area contributed by atoms with Gasteiger partial charge >= 0.3 is 0 Å². The number of carbonyl (C=O) groups is 3. The van der Waals surface area contributed by atoms with Crippen LogP contribution in [0.5, 0.6) is 5.75 Å². The second-order valence-electron chi connectivity index (χ2n) is 7.10. The number of ether oxygens (including phenoxy) is 1. The SMILES string of the molecule is CCCC(=O)Nc1ccc(C(=O)NNC(=S)NC(=O)c2ccc(OC(C)CC)cc2)cc1. The van der Waals surface area contributed by atoms with Crippen LogP contribution in [0, 0.1) is 0 Å². The number of nitrogens with one attached hydrogen (secondary N) is 4. The average molecular weight is 457 g/mol. The molecule has 0 aliphatic heterocycles. The van der Waals surface area contributed by atoms with Crippen molar-refractivity contribution in [2.24, 2.45) is 0 Å². The molecule has 0 fully saturated rings. The van der Waals surface area contributed by atoms with Gasteiger partial charge in [-0.25, -0.2) is 0 Å². The first kappa shape index (κ1) is 24.8. The van der Waals surface area contributed by atoms with E-state index in [0.29, 0.717) is 29.0 Å². The summed E-state index contributed by atoms with van der Waals surface area (Å²) >= 11 is 5.06. The third-order valence-corrected chi connectivity index (χ3v) is 4.66. The summed E-state index contributed by atoms with van der Waals surface area (Å²) in [5, 5.41) is 5.20. The van der Waals surface area contributed by atoms with Crippen molar-refractivity contribution < 1.29 is 19.1 Å². The Balaban J connectivity index is 1.81. The van der Waals surface area contributed by atoms with Gasteiger partial charge in [0.1, 0.15) is 5.75 Å². The van der Waals surface area contributed by atoms with E-state index < -0.39 is 11.8 Å². The lowest BCUT2D eigenvalue weighted by Gasteiger charge is -2.13. The smallest absolute Gasteiger partial charge is 0.269 e. The van der Waals surface area contributed by atoms with Crippen molar-refractivity contribution in [2.45, 2.75) is 46.1 Å². The fourth-order valence-corrected chi connectivity index (χ4v) is 2.69. The van der Waals surface area contributed by atoms with E-state index in [1.165, 1.54) is 0 Å². The number of amides is 3. The molecule has 0 radical (unpaired) electrons. The van der Waals surface area contributed by atoms with Gasteiger partial charge in [-0.1, -0.05) is 13.8 Å². The van der Waals surface area contributed by atoms with Crippen LogP contribution in [0.25, 0.3) is 0 Å². The molecule has 170 valence electrons. The zero-order valence-electron chi connectivity index (χ0n) is 18.4. The van der Waals surface area contributed by atoms with Crippen LogP contribution in [0.15, 0.2) is 48.5 Å². The van der Waals surface area contributed by atoms with Crippen LogP contribution in [-0.4, -0.2) is 28.9 Å². The number of benzene rings is 2. The van der Waals surface area contributed by atoms with Gasteiger partial charge in [-0.3, -0.25) is 30.6 Å². The summed E-state index contributed by atoms with van der Waals surface area (Å²) in [5.41, 5.74) is 6.28. The number of hydrogen-bond donors (Lipinski definition) is 4. The molecule has 0 aromatic heterocycles.